The summed E-state index contributed by atoms with van der Waals surface area (Å²) in [6.07, 6.45) is 0.188. The van der Waals surface area contributed by atoms with E-state index in [-0.39, 0.29) is 18.1 Å². The van der Waals surface area contributed by atoms with Gasteiger partial charge in [0.1, 0.15) is 0 Å². The highest BCUT2D eigenvalue weighted by Crippen LogP contribution is 2.21. The van der Waals surface area contributed by atoms with Crippen molar-refractivity contribution in [2.75, 3.05) is 25.0 Å². The molecule has 0 bridgehead atoms. The van der Waals surface area contributed by atoms with Gasteiger partial charge >= 0.3 is 0 Å². The number of aromatic nitrogens is 1. The Labute approximate surface area is 118 Å². The molecule has 106 valence electrons. The minimum absolute atomic E-state index is 0.00264. The topological polar surface area (TPSA) is 54.5 Å². The minimum Gasteiger partial charge on any atom is -0.376 e. The first-order valence-corrected chi connectivity index (χ1v) is 7.39. The Balaban J connectivity index is 1.95. The van der Waals surface area contributed by atoms with Crippen molar-refractivity contribution in [1.29, 1.82) is 0 Å². The van der Waals surface area contributed by atoms with Crippen molar-refractivity contribution >= 4 is 22.4 Å². The predicted octanol–water partition coefficient (Wildman–Crippen LogP) is 1.81. The Morgan fingerprint density at radius 2 is 2.32 bits per heavy atom. The number of aryl methyl sites for hydroxylation is 2. The number of hydrogen-bond acceptors (Lipinski definition) is 5. The highest BCUT2D eigenvalue weighted by molar-refractivity contribution is 7.15. The van der Waals surface area contributed by atoms with Crippen LogP contribution in [0.3, 0.4) is 0 Å². The van der Waals surface area contributed by atoms with Crippen LogP contribution in [0, 0.1) is 13.8 Å². The van der Waals surface area contributed by atoms with Crippen LogP contribution >= 0.6 is 11.3 Å². The van der Waals surface area contributed by atoms with Crippen LogP contribution in [0.1, 0.15) is 24.4 Å². The van der Waals surface area contributed by atoms with Gasteiger partial charge in [0.05, 0.1) is 24.4 Å². The Kier molecular flexibility index (Phi) is 4.54. The van der Waals surface area contributed by atoms with E-state index in [1.807, 2.05) is 27.7 Å². The van der Waals surface area contributed by atoms with Gasteiger partial charge in [-0.2, -0.15) is 0 Å². The molecule has 1 aliphatic heterocycles. The molecule has 6 heteroatoms. The average molecular weight is 283 g/mol. The Morgan fingerprint density at radius 1 is 1.58 bits per heavy atom. The van der Waals surface area contributed by atoms with E-state index < -0.39 is 0 Å². The van der Waals surface area contributed by atoms with Gasteiger partial charge in [-0.15, -0.1) is 11.3 Å². The fourth-order valence-corrected chi connectivity index (χ4v) is 2.92. The number of morpholine rings is 1. The molecule has 19 heavy (non-hydrogen) atoms. The zero-order valence-electron chi connectivity index (χ0n) is 11.9. The molecular weight excluding hydrogens is 262 g/mol. The molecule has 0 radical (unpaired) electrons. The number of nitrogens with one attached hydrogen (secondary N) is 1. The molecule has 2 rings (SSSR count). The lowest BCUT2D eigenvalue weighted by molar-refractivity contribution is -0.123. The lowest BCUT2D eigenvalue weighted by atomic mass is 10.2. The molecule has 5 nitrogen and oxygen atoms in total. The monoisotopic (exact) mass is 283 g/mol. The first kappa shape index (κ1) is 14.4. The van der Waals surface area contributed by atoms with Gasteiger partial charge in [0, 0.05) is 18.0 Å². The molecule has 2 unspecified atom stereocenters. The molecule has 1 aromatic heterocycles. The molecule has 1 aromatic rings. The number of amides is 1. The molecule has 0 spiro atoms. The molecule has 0 aromatic carbocycles. The molecule has 1 amide bonds. The fraction of sp³-hybridized carbons (Fsp3) is 0.692. The van der Waals surface area contributed by atoms with Gasteiger partial charge < -0.3 is 10.1 Å². The number of thiazole rings is 1. The van der Waals surface area contributed by atoms with E-state index in [1.54, 1.807) is 0 Å². The van der Waals surface area contributed by atoms with Crippen molar-refractivity contribution in [3.8, 4) is 0 Å². The van der Waals surface area contributed by atoms with Gasteiger partial charge in [-0.05, 0) is 27.7 Å². The summed E-state index contributed by atoms with van der Waals surface area (Å²) in [4.78, 5) is 19.8. The second-order valence-corrected chi connectivity index (χ2v) is 6.21. The summed E-state index contributed by atoms with van der Waals surface area (Å²) in [5.74, 6) is 0.00264. The summed E-state index contributed by atoms with van der Waals surface area (Å²) in [7, 11) is 0. The molecule has 1 saturated heterocycles. The highest BCUT2D eigenvalue weighted by Gasteiger charge is 2.26. The summed E-state index contributed by atoms with van der Waals surface area (Å²) >= 11 is 1.52. The zero-order valence-corrected chi connectivity index (χ0v) is 12.7. The van der Waals surface area contributed by atoms with Crippen LogP contribution in [0.4, 0.5) is 5.13 Å². The maximum Gasteiger partial charge on any atom is 0.243 e. The molecule has 1 fully saturated rings. The van der Waals surface area contributed by atoms with Crippen LogP contribution in [0.25, 0.3) is 0 Å². The lowest BCUT2D eigenvalue weighted by Crippen LogP contribution is -2.50. The molecule has 2 heterocycles. The second-order valence-electron chi connectivity index (χ2n) is 5.00. The largest absolute Gasteiger partial charge is 0.376 e. The van der Waals surface area contributed by atoms with E-state index in [2.05, 4.69) is 15.2 Å². The average Bonchev–Trinajstić information content (AvgIpc) is 2.67. The van der Waals surface area contributed by atoms with E-state index in [1.165, 1.54) is 11.3 Å². The summed E-state index contributed by atoms with van der Waals surface area (Å²) in [5.41, 5.74) is 0.980. The van der Waals surface area contributed by atoms with Crippen LogP contribution in [0.15, 0.2) is 0 Å². The molecule has 1 aliphatic rings. The smallest absolute Gasteiger partial charge is 0.243 e. The maximum atomic E-state index is 12.2. The summed E-state index contributed by atoms with van der Waals surface area (Å²) < 4.78 is 5.49. The lowest BCUT2D eigenvalue weighted by Gasteiger charge is -2.34. The van der Waals surface area contributed by atoms with E-state index in [0.717, 1.165) is 23.7 Å². The Bertz CT molecular complexity index is 441. The predicted molar refractivity (Wildman–Crippen MR) is 76.7 cm³/mol. The van der Waals surface area contributed by atoms with Crippen molar-refractivity contribution in [2.24, 2.45) is 0 Å². The second kappa shape index (κ2) is 5.98. The maximum absolute atomic E-state index is 12.2. The number of carbonyl (C=O) groups excluding carboxylic acids is 1. The molecule has 0 aliphatic carbocycles. The van der Waals surface area contributed by atoms with Crippen LogP contribution in [-0.4, -0.2) is 47.6 Å². The Hall–Kier alpha value is -0.980. The number of ether oxygens (including phenoxy) is 1. The SMILES string of the molecule is Cc1nc(NC(=O)C(C)N2CCOC(C)C2)sc1C. The van der Waals surface area contributed by atoms with Gasteiger partial charge in [-0.3, -0.25) is 9.69 Å². The van der Waals surface area contributed by atoms with Crippen LogP contribution in [0.5, 0.6) is 0 Å². The van der Waals surface area contributed by atoms with Crippen LogP contribution in [-0.2, 0) is 9.53 Å². The van der Waals surface area contributed by atoms with E-state index >= 15 is 0 Å². The van der Waals surface area contributed by atoms with Gasteiger partial charge in [0.25, 0.3) is 0 Å². The van der Waals surface area contributed by atoms with E-state index in [4.69, 9.17) is 4.74 Å². The molecule has 2 atom stereocenters. The van der Waals surface area contributed by atoms with Crippen LogP contribution < -0.4 is 5.32 Å². The van der Waals surface area contributed by atoms with Gasteiger partial charge in [-0.1, -0.05) is 0 Å². The number of nitrogens with zero attached hydrogens (tertiary/aromatic N) is 2. The number of carbonyl (C=O) groups is 1. The van der Waals surface area contributed by atoms with Gasteiger partial charge in [-0.25, -0.2) is 4.98 Å². The molecule has 1 N–H and O–H groups in total. The quantitative estimate of drug-likeness (QED) is 0.919. The number of rotatable bonds is 3. The normalized spacial score (nSPS) is 22.2. The number of anilines is 1. The van der Waals surface area contributed by atoms with Crippen molar-refractivity contribution in [3.63, 3.8) is 0 Å². The summed E-state index contributed by atoms with van der Waals surface area (Å²) in [6.45, 7) is 10.2. The number of hydrogen-bond donors (Lipinski definition) is 1. The van der Waals surface area contributed by atoms with Crippen LogP contribution in [0.2, 0.25) is 0 Å². The summed E-state index contributed by atoms with van der Waals surface area (Å²) in [6, 6.07) is -0.157. The third-order valence-electron chi connectivity index (χ3n) is 3.46. The van der Waals surface area contributed by atoms with Gasteiger partial charge in [0.15, 0.2) is 5.13 Å². The van der Waals surface area contributed by atoms with E-state index in [0.29, 0.717) is 11.7 Å². The first-order valence-electron chi connectivity index (χ1n) is 6.58. The fourth-order valence-electron chi connectivity index (χ4n) is 2.10. The van der Waals surface area contributed by atoms with Crippen molar-refractivity contribution in [3.05, 3.63) is 10.6 Å². The zero-order chi connectivity index (χ0) is 14.0. The molecular formula is C13H21N3O2S. The van der Waals surface area contributed by atoms with E-state index in [9.17, 15) is 4.79 Å². The van der Waals surface area contributed by atoms with Crippen molar-refractivity contribution in [1.82, 2.24) is 9.88 Å². The van der Waals surface area contributed by atoms with Crippen molar-refractivity contribution in [2.45, 2.75) is 39.8 Å². The van der Waals surface area contributed by atoms with Crippen molar-refractivity contribution < 1.29 is 9.53 Å². The third kappa shape index (κ3) is 3.52. The first-order chi connectivity index (χ1) is 8.97. The molecule has 0 saturated carbocycles. The Morgan fingerprint density at radius 3 is 2.89 bits per heavy atom. The van der Waals surface area contributed by atoms with Gasteiger partial charge in [0.2, 0.25) is 5.91 Å². The highest BCUT2D eigenvalue weighted by atomic mass is 32.1. The minimum atomic E-state index is -0.157. The third-order valence-corrected chi connectivity index (χ3v) is 4.45. The summed E-state index contributed by atoms with van der Waals surface area (Å²) in [5, 5.41) is 3.59. The standard InChI is InChI=1S/C13H21N3O2S/c1-8-7-16(5-6-18-8)10(3)12(17)15-13-14-9(2)11(4)19-13/h8,10H,5-7H2,1-4H3,(H,14,15,17).